The zero-order valence-corrected chi connectivity index (χ0v) is 24.6. The van der Waals surface area contributed by atoms with Crippen LogP contribution in [0.3, 0.4) is 0 Å². The summed E-state index contributed by atoms with van der Waals surface area (Å²) in [5.74, 6) is -2.13. The minimum absolute atomic E-state index is 0.152. The topological polar surface area (TPSA) is 161 Å². The lowest BCUT2D eigenvalue weighted by Gasteiger charge is -2.30. The molecule has 220 valence electrons. The second-order valence-corrected chi connectivity index (χ2v) is 12.2. The SMILES string of the molecule is CCC(C)(C)C(=O)O[C@@H](C)CC(N)(Cc1ccc(OC(=O)OC(C)(C)C)c(OC(=O)OC(C)(C)C)c1)C(=O)O. The van der Waals surface area contributed by atoms with Crippen LogP contribution in [0, 0.1) is 5.41 Å². The fourth-order valence-corrected chi connectivity index (χ4v) is 3.19. The molecule has 0 aliphatic carbocycles. The Kier molecular flexibility index (Phi) is 10.9. The van der Waals surface area contributed by atoms with Crippen molar-refractivity contribution >= 4 is 24.2 Å². The summed E-state index contributed by atoms with van der Waals surface area (Å²) in [7, 11) is 0. The Hall–Kier alpha value is -3.34. The standard InChI is InChI=1S/C28H43NO10/c1-11-27(9,10)22(32)35-17(2)15-28(29,21(30)31)16-18-12-13-19(36-23(33)38-25(3,4)5)20(14-18)37-24(34)39-26(6,7)8/h12-14,17H,11,15-16,29H2,1-10H3,(H,30,31)/t17-,28?/m0/s1. The average Bonchev–Trinajstić information content (AvgIpc) is 2.72. The summed E-state index contributed by atoms with van der Waals surface area (Å²) in [6.45, 7) is 16.8. The van der Waals surface area contributed by atoms with E-state index in [1.165, 1.54) is 18.2 Å². The summed E-state index contributed by atoms with van der Waals surface area (Å²) in [6.07, 6.45) is -2.76. The molecule has 0 saturated carbocycles. The molecule has 1 aromatic carbocycles. The first-order chi connectivity index (χ1) is 17.6. The highest BCUT2D eigenvalue weighted by molar-refractivity contribution is 5.80. The number of carboxylic acids is 1. The molecule has 1 unspecified atom stereocenters. The van der Waals surface area contributed by atoms with E-state index in [1.807, 2.05) is 6.92 Å². The number of rotatable bonds is 10. The van der Waals surface area contributed by atoms with Gasteiger partial charge in [-0.05, 0) is 86.4 Å². The summed E-state index contributed by atoms with van der Waals surface area (Å²) in [5.41, 5.74) is 2.36. The molecule has 0 radical (unpaired) electrons. The van der Waals surface area contributed by atoms with Crippen LogP contribution in [0.1, 0.15) is 87.6 Å². The molecule has 11 nitrogen and oxygen atoms in total. The van der Waals surface area contributed by atoms with E-state index in [2.05, 4.69) is 0 Å². The third kappa shape index (κ3) is 11.5. The van der Waals surface area contributed by atoms with Crippen molar-refractivity contribution in [2.45, 2.75) is 111 Å². The maximum Gasteiger partial charge on any atom is 0.514 e. The van der Waals surface area contributed by atoms with Crippen molar-refractivity contribution in [2.75, 3.05) is 0 Å². The van der Waals surface area contributed by atoms with Crippen molar-refractivity contribution in [2.24, 2.45) is 11.1 Å². The summed E-state index contributed by atoms with van der Waals surface area (Å²) in [5, 5.41) is 9.95. The maximum absolute atomic E-state index is 12.5. The Morgan fingerprint density at radius 1 is 0.872 bits per heavy atom. The molecule has 1 rings (SSSR count). The van der Waals surface area contributed by atoms with Gasteiger partial charge in [-0.2, -0.15) is 0 Å². The molecule has 39 heavy (non-hydrogen) atoms. The van der Waals surface area contributed by atoms with E-state index in [9.17, 15) is 24.3 Å². The van der Waals surface area contributed by atoms with Crippen molar-refractivity contribution in [1.29, 1.82) is 0 Å². The lowest BCUT2D eigenvalue weighted by Crippen LogP contribution is -2.52. The van der Waals surface area contributed by atoms with E-state index in [0.29, 0.717) is 12.0 Å². The zero-order valence-electron chi connectivity index (χ0n) is 24.6. The molecule has 1 aromatic rings. The second kappa shape index (κ2) is 12.7. The van der Waals surface area contributed by atoms with E-state index in [0.717, 1.165) is 0 Å². The van der Waals surface area contributed by atoms with Crippen LogP contribution in [0.4, 0.5) is 9.59 Å². The number of hydrogen-bond acceptors (Lipinski definition) is 10. The van der Waals surface area contributed by atoms with Crippen LogP contribution in [0.15, 0.2) is 18.2 Å². The van der Waals surface area contributed by atoms with Gasteiger partial charge in [-0.15, -0.1) is 0 Å². The first kappa shape index (κ1) is 33.7. The van der Waals surface area contributed by atoms with E-state index >= 15 is 0 Å². The Labute approximate surface area is 230 Å². The number of carbonyl (C=O) groups excluding carboxylic acids is 3. The van der Waals surface area contributed by atoms with Crippen LogP contribution in [0.25, 0.3) is 0 Å². The molecule has 2 atom stereocenters. The number of hydrogen-bond donors (Lipinski definition) is 2. The van der Waals surface area contributed by atoms with Gasteiger partial charge in [0.15, 0.2) is 11.5 Å². The van der Waals surface area contributed by atoms with Gasteiger partial charge >= 0.3 is 24.2 Å². The second-order valence-electron chi connectivity index (χ2n) is 12.2. The van der Waals surface area contributed by atoms with Crippen molar-refractivity contribution in [1.82, 2.24) is 0 Å². The Balaban J connectivity index is 3.28. The van der Waals surface area contributed by atoms with Crippen LogP contribution in [0.5, 0.6) is 11.5 Å². The van der Waals surface area contributed by atoms with E-state index in [1.54, 1.807) is 62.3 Å². The monoisotopic (exact) mass is 553 g/mol. The average molecular weight is 554 g/mol. The number of nitrogens with two attached hydrogens (primary N) is 1. The van der Waals surface area contributed by atoms with Crippen LogP contribution in [-0.2, 0) is 30.2 Å². The molecule has 0 aliphatic rings. The molecule has 0 aliphatic heterocycles. The van der Waals surface area contributed by atoms with Crippen molar-refractivity contribution in [3.63, 3.8) is 0 Å². The van der Waals surface area contributed by atoms with Gasteiger partial charge in [-0.25, -0.2) is 9.59 Å². The first-order valence-corrected chi connectivity index (χ1v) is 12.7. The highest BCUT2D eigenvalue weighted by Gasteiger charge is 2.38. The van der Waals surface area contributed by atoms with E-state index in [-0.39, 0.29) is 24.3 Å². The van der Waals surface area contributed by atoms with E-state index in [4.69, 9.17) is 29.4 Å². The van der Waals surface area contributed by atoms with Gasteiger partial charge in [0.1, 0.15) is 22.8 Å². The number of esters is 1. The summed E-state index contributed by atoms with van der Waals surface area (Å²) in [6, 6.07) is 4.13. The third-order valence-corrected chi connectivity index (χ3v) is 5.52. The van der Waals surface area contributed by atoms with Crippen molar-refractivity contribution < 1.29 is 48.0 Å². The van der Waals surface area contributed by atoms with E-state index < -0.39 is 52.5 Å². The van der Waals surface area contributed by atoms with Gasteiger partial charge in [0.2, 0.25) is 0 Å². The van der Waals surface area contributed by atoms with Crippen LogP contribution in [0.2, 0.25) is 0 Å². The molecular weight excluding hydrogens is 510 g/mol. The highest BCUT2D eigenvalue weighted by Crippen LogP contribution is 2.32. The fraction of sp³-hybridized carbons (Fsp3) is 0.643. The fourth-order valence-electron chi connectivity index (χ4n) is 3.19. The molecule has 0 heterocycles. The number of aliphatic carboxylic acids is 1. The minimum Gasteiger partial charge on any atom is -0.480 e. The molecule has 0 aromatic heterocycles. The van der Waals surface area contributed by atoms with Gasteiger partial charge in [-0.1, -0.05) is 13.0 Å². The van der Waals surface area contributed by atoms with Crippen LogP contribution in [-0.4, -0.2) is 52.2 Å². The predicted octanol–water partition coefficient (Wildman–Crippen LogP) is 5.40. The largest absolute Gasteiger partial charge is 0.514 e. The smallest absolute Gasteiger partial charge is 0.480 e. The van der Waals surface area contributed by atoms with Crippen LogP contribution >= 0.6 is 0 Å². The summed E-state index contributed by atoms with van der Waals surface area (Å²) < 4.78 is 26.4. The molecule has 0 fully saturated rings. The van der Waals surface area contributed by atoms with Gasteiger partial charge in [0, 0.05) is 12.8 Å². The Morgan fingerprint density at radius 2 is 1.36 bits per heavy atom. The van der Waals surface area contributed by atoms with Gasteiger partial charge in [0.05, 0.1) is 5.41 Å². The van der Waals surface area contributed by atoms with Crippen molar-refractivity contribution in [3.05, 3.63) is 23.8 Å². The molecule has 0 amide bonds. The Bertz CT molecular complexity index is 1050. The molecule has 0 bridgehead atoms. The van der Waals surface area contributed by atoms with Gasteiger partial charge in [-0.3, -0.25) is 9.59 Å². The molecule has 0 spiro atoms. The minimum atomic E-state index is -1.84. The quantitative estimate of drug-likeness (QED) is 0.217. The predicted molar refractivity (Wildman–Crippen MR) is 143 cm³/mol. The third-order valence-electron chi connectivity index (χ3n) is 5.52. The number of carboxylic acid groups (broad SMARTS) is 1. The van der Waals surface area contributed by atoms with Crippen molar-refractivity contribution in [3.8, 4) is 11.5 Å². The lowest BCUT2D eigenvalue weighted by molar-refractivity contribution is -0.161. The first-order valence-electron chi connectivity index (χ1n) is 12.7. The number of ether oxygens (including phenoxy) is 5. The number of carbonyl (C=O) groups is 4. The lowest BCUT2D eigenvalue weighted by atomic mass is 9.86. The Morgan fingerprint density at radius 3 is 1.79 bits per heavy atom. The normalized spacial score (nSPS) is 14.4. The molecule has 11 heteroatoms. The summed E-state index contributed by atoms with van der Waals surface area (Å²) >= 11 is 0. The van der Waals surface area contributed by atoms with Crippen LogP contribution < -0.4 is 15.2 Å². The molecule has 3 N–H and O–H groups in total. The highest BCUT2D eigenvalue weighted by atomic mass is 16.8. The molecule has 0 saturated heterocycles. The zero-order chi connectivity index (χ0) is 30.4. The van der Waals surface area contributed by atoms with Gasteiger partial charge in [0.25, 0.3) is 0 Å². The number of benzene rings is 1. The molecular formula is C28H43NO10. The van der Waals surface area contributed by atoms with Gasteiger partial charge < -0.3 is 34.5 Å². The summed E-state index contributed by atoms with van der Waals surface area (Å²) in [4.78, 5) is 49.3. The maximum atomic E-state index is 12.5.